The molecule has 2 aromatic heterocycles. The van der Waals surface area contributed by atoms with E-state index in [1.165, 1.54) is 6.20 Å². The Balaban J connectivity index is 1.43. The van der Waals surface area contributed by atoms with E-state index in [2.05, 4.69) is 37.6 Å². The number of carbonyl (C=O) groups is 1. The lowest BCUT2D eigenvalue weighted by molar-refractivity contribution is -0.111. The van der Waals surface area contributed by atoms with Gasteiger partial charge >= 0.3 is 6.03 Å². The Kier molecular flexibility index (Phi) is 4.27. The van der Waals surface area contributed by atoms with Crippen molar-refractivity contribution in [2.45, 2.75) is 51.6 Å². The zero-order chi connectivity index (χ0) is 20.9. The molecule has 3 heterocycles. The normalized spacial score (nSPS) is 25.0. The van der Waals surface area contributed by atoms with Crippen LogP contribution in [0.3, 0.4) is 0 Å². The Morgan fingerprint density at radius 3 is 2.87 bits per heavy atom. The van der Waals surface area contributed by atoms with Gasteiger partial charge in [-0.3, -0.25) is 0 Å². The van der Waals surface area contributed by atoms with E-state index >= 15 is 0 Å². The molecule has 1 saturated carbocycles. The van der Waals surface area contributed by atoms with Crippen LogP contribution in [0.4, 0.5) is 10.5 Å². The van der Waals surface area contributed by atoms with E-state index in [1.54, 1.807) is 13.1 Å². The molecule has 2 bridgehead atoms. The molecule has 5 rings (SSSR count). The van der Waals surface area contributed by atoms with Crippen LogP contribution in [0.15, 0.2) is 35.1 Å². The number of anilines is 1. The number of nitrogens with zero attached hydrogens (tertiary/aromatic N) is 6. The van der Waals surface area contributed by atoms with Gasteiger partial charge in [0.25, 0.3) is 5.89 Å². The summed E-state index contributed by atoms with van der Waals surface area (Å²) in [6.07, 6.45) is 5.79. The van der Waals surface area contributed by atoms with Crippen molar-refractivity contribution in [1.29, 1.82) is 0 Å². The van der Waals surface area contributed by atoms with E-state index in [0.717, 1.165) is 30.4 Å². The Labute approximate surface area is 173 Å². The van der Waals surface area contributed by atoms with Crippen molar-refractivity contribution >= 4 is 11.7 Å². The molecule has 1 aliphatic heterocycles. The summed E-state index contributed by atoms with van der Waals surface area (Å²) in [5, 5.41) is 15.0. The Bertz CT molecular complexity index is 1100. The lowest BCUT2D eigenvalue weighted by atomic mass is 9.64. The summed E-state index contributed by atoms with van der Waals surface area (Å²) in [6, 6.07) is 5.72. The van der Waals surface area contributed by atoms with Gasteiger partial charge < -0.3 is 14.7 Å². The minimum absolute atomic E-state index is 0.157. The van der Waals surface area contributed by atoms with Crippen LogP contribution in [0, 0.1) is 19.8 Å². The van der Waals surface area contributed by atoms with Gasteiger partial charge in [0, 0.05) is 29.9 Å². The van der Waals surface area contributed by atoms with Crippen LogP contribution in [0.25, 0.3) is 11.4 Å². The smallest absolute Gasteiger partial charge is 0.323 e. The highest BCUT2D eigenvalue weighted by atomic mass is 16.5. The molecule has 154 valence electrons. The molecular formula is C21H23N7O2. The van der Waals surface area contributed by atoms with Crippen LogP contribution in [0.2, 0.25) is 0 Å². The summed E-state index contributed by atoms with van der Waals surface area (Å²) in [5.74, 6) is 2.14. The number of fused-ring (bicyclic) bond motifs is 2. The molecule has 1 N–H and O–H groups in total. The number of urea groups is 1. The van der Waals surface area contributed by atoms with Crippen LogP contribution in [-0.2, 0) is 5.54 Å². The molecular weight excluding hydrogens is 382 g/mol. The van der Waals surface area contributed by atoms with Gasteiger partial charge in [0.2, 0.25) is 0 Å². The molecule has 9 nitrogen and oxygen atoms in total. The number of aryl methyl sites for hydroxylation is 2. The van der Waals surface area contributed by atoms with E-state index in [9.17, 15) is 4.79 Å². The highest BCUT2D eigenvalue weighted by Crippen LogP contribution is 2.55. The van der Waals surface area contributed by atoms with Gasteiger partial charge in [-0.15, -0.1) is 5.10 Å². The topological polar surface area (TPSA) is 110 Å². The van der Waals surface area contributed by atoms with E-state index in [0.29, 0.717) is 29.1 Å². The lowest BCUT2D eigenvalue weighted by Gasteiger charge is -2.61. The third-order valence-corrected chi connectivity index (χ3v) is 6.12. The number of hydrogen-bond acceptors (Lipinski definition) is 7. The molecule has 2 amide bonds. The maximum atomic E-state index is 13.3. The van der Waals surface area contributed by atoms with Gasteiger partial charge in [0.1, 0.15) is 5.54 Å². The Morgan fingerprint density at radius 1 is 1.27 bits per heavy atom. The summed E-state index contributed by atoms with van der Waals surface area (Å²) in [6.45, 7) is 5.98. The third-order valence-electron chi connectivity index (χ3n) is 6.12. The fourth-order valence-corrected chi connectivity index (χ4v) is 4.93. The molecule has 9 heteroatoms. The summed E-state index contributed by atoms with van der Waals surface area (Å²) in [4.78, 5) is 23.9. The second kappa shape index (κ2) is 6.86. The van der Waals surface area contributed by atoms with Crippen molar-refractivity contribution in [3.63, 3.8) is 0 Å². The largest absolute Gasteiger partial charge is 0.337 e. The first-order valence-electron chi connectivity index (χ1n) is 10.1. The van der Waals surface area contributed by atoms with Crippen molar-refractivity contribution in [3.8, 4) is 11.4 Å². The minimum atomic E-state index is -0.520. The Morgan fingerprint density at radius 2 is 2.13 bits per heavy atom. The molecule has 1 saturated heterocycles. The number of likely N-dealkylation sites (tertiary alicyclic amines) is 1. The monoisotopic (exact) mass is 405 g/mol. The summed E-state index contributed by atoms with van der Waals surface area (Å²) in [7, 11) is 0. The molecule has 0 unspecified atom stereocenters. The predicted molar refractivity (Wildman–Crippen MR) is 108 cm³/mol. The highest BCUT2D eigenvalue weighted by Gasteiger charge is 2.62. The van der Waals surface area contributed by atoms with Crippen LogP contribution in [0.1, 0.15) is 43.5 Å². The van der Waals surface area contributed by atoms with Gasteiger partial charge in [-0.05, 0) is 50.3 Å². The van der Waals surface area contributed by atoms with E-state index in [4.69, 9.17) is 4.52 Å². The number of amides is 2. The van der Waals surface area contributed by atoms with Gasteiger partial charge in [0.15, 0.2) is 11.6 Å². The fraction of sp³-hybridized carbons (Fsp3) is 0.429. The first-order valence-corrected chi connectivity index (χ1v) is 10.1. The number of rotatable bonds is 3. The molecule has 30 heavy (non-hydrogen) atoms. The lowest BCUT2D eigenvalue weighted by Crippen LogP contribution is -2.70. The van der Waals surface area contributed by atoms with Crippen molar-refractivity contribution in [2.24, 2.45) is 5.92 Å². The number of nitrogens with one attached hydrogen (secondary N) is 1. The van der Waals surface area contributed by atoms with Crippen molar-refractivity contribution < 1.29 is 9.32 Å². The minimum Gasteiger partial charge on any atom is -0.337 e. The average molecular weight is 405 g/mol. The number of benzene rings is 1. The maximum absolute atomic E-state index is 13.3. The fourth-order valence-electron chi connectivity index (χ4n) is 4.93. The summed E-state index contributed by atoms with van der Waals surface area (Å²) in [5.41, 5.74) is 2.00. The standard InChI is InChI=1S/C21H23N7O2/c1-12-8-16-11-21(10-12,19-24-14(3)27-30-19)28(16)20(29)25-15-5-4-13(2)17(9-15)18-22-6-7-23-26-18/h4-7,9,12,16H,8,10-11H2,1-3H3,(H,25,29)/t12-,16-,21+/m0/s1. The van der Waals surface area contributed by atoms with Crippen LogP contribution in [0.5, 0.6) is 0 Å². The second-order valence-corrected chi connectivity index (χ2v) is 8.38. The van der Waals surface area contributed by atoms with Crippen LogP contribution in [-0.4, -0.2) is 42.3 Å². The molecule has 2 aliphatic rings. The van der Waals surface area contributed by atoms with Gasteiger partial charge in [-0.2, -0.15) is 10.1 Å². The summed E-state index contributed by atoms with van der Waals surface area (Å²) >= 11 is 0. The highest BCUT2D eigenvalue weighted by molar-refractivity contribution is 5.91. The average Bonchev–Trinajstić information content (AvgIpc) is 3.16. The van der Waals surface area contributed by atoms with E-state index in [-0.39, 0.29) is 12.1 Å². The van der Waals surface area contributed by atoms with Crippen molar-refractivity contribution in [3.05, 3.63) is 47.9 Å². The second-order valence-electron chi connectivity index (χ2n) is 8.38. The number of piperidine rings is 1. The first kappa shape index (κ1) is 18.7. The number of hydrogen-bond donors (Lipinski definition) is 1. The molecule has 3 atom stereocenters. The molecule has 0 radical (unpaired) electrons. The summed E-state index contributed by atoms with van der Waals surface area (Å²) < 4.78 is 5.51. The zero-order valence-corrected chi connectivity index (χ0v) is 17.2. The van der Waals surface area contributed by atoms with Crippen LogP contribution >= 0.6 is 0 Å². The van der Waals surface area contributed by atoms with Gasteiger partial charge in [-0.25, -0.2) is 9.78 Å². The van der Waals surface area contributed by atoms with Crippen LogP contribution < -0.4 is 5.32 Å². The predicted octanol–water partition coefficient (Wildman–Crippen LogP) is 3.47. The number of aromatic nitrogens is 5. The first-order chi connectivity index (χ1) is 14.5. The quantitative estimate of drug-likeness (QED) is 0.710. The SMILES string of the molecule is Cc1noc([C@@]23C[C@@H](C)C[C@@H](C2)N3C(=O)Nc2ccc(C)c(-c3nccnn3)c2)n1. The molecule has 3 aromatic rings. The van der Waals surface area contributed by atoms with Gasteiger partial charge in [-0.1, -0.05) is 18.1 Å². The maximum Gasteiger partial charge on any atom is 0.323 e. The zero-order valence-electron chi connectivity index (χ0n) is 17.2. The van der Waals surface area contributed by atoms with E-state index < -0.39 is 5.54 Å². The molecule has 2 fully saturated rings. The molecule has 1 aliphatic carbocycles. The van der Waals surface area contributed by atoms with Crippen molar-refractivity contribution in [1.82, 2.24) is 30.2 Å². The van der Waals surface area contributed by atoms with E-state index in [1.807, 2.05) is 30.0 Å². The number of carbonyl (C=O) groups excluding carboxylic acids is 1. The van der Waals surface area contributed by atoms with Crippen molar-refractivity contribution in [2.75, 3.05) is 5.32 Å². The third kappa shape index (κ3) is 2.92. The van der Waals surface area contributed by atoms with Gasteiger partial charge in [0.05, 0.1) is 6.20 Å². The molecule has 1 aromatic carbocycles. The molecule has 0 spiro atoms. The Hall–Kier alpha value is -3.36.